The van der Waals surface area contributed by atoms with Crippen LogP contribution in [0.25, 0.3) is 0 Å². The summed E-state index contributed by atoms with van der Waals surface area (Å²) in [6.45, 7) is 8.58. The number of nitrogens with zero attached hydrogens (tertiary/aromatic N) is 1. The predicted molar refractivity (Wildman–Crippen MR) is 76.8 cm³/mol. The number of carboxylic acid groups (broad SMARTS) is 1. The number of aryl methyl sites for hydroxylation is 3. The summed E-state index contributed by atoms with van der Waals surface area (Å²) in [6.07, 6.45) is 0. The van der Waals surface area contributed by atoms with Crippen LogP contribution in [0.15, 0.2) is 12.1 Å². The smallest absolute Gasteiger partial charge is 0.308 e. The van der Waals surface area contributed by atoms with Gasteiger partial charge in [0.2, 0.25) is 0 Å². The Kier molecular flexibility index (Phi) is 3.84. The van der Waals surface area contributed by atoms with Crippen molar-refractivity contribution in [3.8, 4) is 0 Å². The fraction of sp³-hybridized carbons (Fsp3) is 0.500. The lowest BCUT2D eigenvalue weighted by molar-refractivity contribution is -0.142. The Morgan fingerprint density at radius 3 is 2.15 bits per heavy atom. The van der Waals surface area contributed by atoms with Gasteiger partial charge in [-0.1, -0.05) is 24.6 Å². The van der Waals surface area contributed by atoms with Gasteiger partial charge in [-0.15, -0.1) is 0 Å². The summed E-state index contributed by atoms with van der Waals surface area (Å²) < 4.78 is 0. The van der Waals surface area contributed by atoms with E-state index in [-0.39, 0.29) is 11.8 Å². The van der Waals surface area contributed by atoms with E-state index in [0.717, 1.165) is 16.7 Å². The number of benzene rings is 1. The summed E-state index contributed by atoms with van der Waals surface area (Å²) in [6, 6.07) is 3.99. The average molecular weight is 275 g/mol. The molecule has 108 valence electrons. The molecule has 1 fully saturated rings. The molecule has 1 aliphatic heterocycles. The van der Waals surface area contributed by atoms with Crippen molar-refractivity contribution in [3.63, 3.8) is 0 Å². The molecule has 1 aliphatic rings. The number of hydrogen-bond acceptors (Lipinski definition) is 2. The van der Waals surface area contributed by atoms with Crippen LogP contribution in [0.2, 0.25) is 0 Å². The van der Waals surface area contributed by atoms with Crippen molar-refractivity contribution in [2.45, 2.75) is 27.7 Å². The third kappa shape index (κ3) is 2.55. The number of likely N-dealkylation sites (tertiary alicyclic amines) is 1. The SMILES string of the molecule is Cc1cc(C)c(C(=O)N2CC(C)C(C(=O)O)C2)c(C)c1. The van der Waals surface area contributed by atoms with Crippen LogP contribution in [0.3, 0.4) is 0 Å². The molecular weight excluding hydrogens is 254 g/mol. The van der Waals surface area contributed by atoms with E-state index in [2.05, 4.69) is 0 Å². The fourth-order valence-corrected chi connectivity index (χ4v) is 3.13. The maximum atomic E-state index is 12.6. The zero-order chi connectivity index (χ0) is 15.0. The first-order valence-corrected chi connectivity index (χ1v) is 6.91. The monoisotopic (exact) mass is 275 g/mol. The molecule has 2 rings (SSSR count). The molecule has 1 aromatic rings. The number of aliphatic carboxylic acids is 1. The molecule has 1 saturated heterocycles. The van der Waals surface area contributed by atoms with Crippen LogP contribution < -0.4 is 0 Å². The van der Waals surface area contributed by atoms with Gasteiger partial charge in [0, 0.05) is 18.7 Å². The standard InChI is InChI=1S/C16H21NO3/c1-9-5-10(2)14(11(3)6-9)15(18)17-7-12(4)13(8-17)16(19)20/h5-6,12-13H,7-8H2,1-4H3,(H,19,20). The number of carbonyl (C=O) groups is 2. The van der Waals surface area contributed by atoms with Crippen molar-refractivity contribution < 1.29 is 14.7 Å². The Balaban J connectivity index is 2.28. The second-order valence-electron chi connectivity index (χ2n) is 5.91. The average Bonchev–Trinajstić information content (AvgIpc) is 2.69. The highest BCUT2D eigenvalue weighted by molar-refractivity contribution is 5.97. The molecule has 0 aliphatic carbocycles. The van der Waals surface area contributed by atoms with E-state index in [4.69, 9.17) is 5.11 Å². The summed E-state index contributed by atoms with van der Waals surface area (Å²) in [7, 11) is 0. The van der Waals surface area contributed by atoms with Gasteiger partial charge in [-0.25, -0.2) is 0 Å². The van der Waals surface area contributed by atoms with Gasteiger partial charge in [0.05, 0.1) is 5.92 Å². The molecule has 2 atom stereocenters. The maximum Gasteiger partial charge on any atom is 0.308 e. The summed E-state index contributed by atoms with van der Waals surface area (Å²) in [4.78, 5) is 25.5. The Bertz CT molecular complexity index is 542. The summed E-state index contributed by atoms with van der Waals surface area (Å²) in [5.74, 6) is -1.31. The van der Waals surface area contributed by atoms with Gasteiger partial charge in [0.25, 0.3) is 5.91 Å². The van der Waals surface area contributed by atoms with Gasteiger partial charge >= 0.3 is 5.97 Å². The zero-order valence-electron chi connectivity index (χ0n) is 12.4. The number of carbonyl (C=O) groups excluding carboxylic acids is 1. The Labute approximate surface area is 119 Å². The zero-order valence-corrected chi connectivity index (χ0v) is 12.4. The molecule has 0 bridgehead atoms. The van der Waals surface area contributed by atoms with Gasteiger partial charge < -0.3 is 10.0 Å². The molecule has 0 radical (unpaired) electrons. The van der Waals surface area contributed by atoms with E-state index in [1.165, 1.54) is 0 Å². The molecular formula is C16H21NO3. The van der Waals surface area contributed by atoms with Gasteiger partial charge in [0.1, 0.15) is 0 Å². The summed E-state index contributed by atoms with van der Waals surface area (Å²) in [5, 5.41) is 9.16. The normalized spacial score (nSPS) is 22.1. The van der Waals surface area contributed by atoms with Gasteiger partial charge in [-0.3, -0.25) is 9.59 Å². The van der Waals surface area contributed by atoms with Crippen molar-refractivity contribution in [1.29, 1.82) is 0 Å². The maximum absolute atomic E-state index is 12.6. The second-order valence-corrected chi connectivity index (χ2v) is 5.91. The van der Waals surface area contributed by atoms with Crippen LogP contribution in [-0.2, 0) is 4.79 Å². The van der Waals surface area contributed by atoms with E-state index in [0.29, 0.717) is 18.7 Å². The molecule has 20 heavy (non-hydrogen) atoms. The van der Waals surface area contributed by atoms with Crippen molar-refractivity contribution in [2.24, 2.45) is 11.8 Å². The summed E-state index contributed by atoms with van der Waals surface area (Å²) >= 11 is 0. The molecule has 1 heterocycles. The molecule has 1 N–H and O–H groups in total. The van der Waals surface area contributed by atoms with Gasteiger partial charge in [-0.2, -0.15) is 0 Å². The lowest BCUT2D eigenvalue weighted by Crippen LogP contribution is -2.31. The minimum Gasteiger partial charge on any atom is -0.481 e. The fourth-order valence-electron chi connectivity index (χ4n) is 3.13. The van der Waals surface area contributed by atoms with E-state index in [1.54, 1.807) is 4.90 Å². The molecule has 4 heteroatoms. The van der Waals surface area contributed by atoms with Crippen molar-refractivity contribution >= 4 is 11.9 Å². The van der Waals surface area contributed by atoms with Crippen LogP contribution in [0.1, 0.15) is 34.0 Å². The Morgan fingerprint density at radius 1 is 1.15 bits per heavy atom. The van der Waals surface area contributed by atoms with E-state index < -0.39 is 11.9 Å². The van der Waals surface area contributed by atoms with Gasteiger partial charge in [0.15, 0.2) is 0 Å². The number of rotatable bonds is 2. The van der Waals surface area contributed by atoms with E-state index in [9.17, 15) is 9.59 Å². The summed E-state index contributed by atoms with van der Waals surface area (Å²) in [5.41, 5.74) is 3.77. The van der Waals surface area contributed by atoms with Crippen LogP contribution in [-0.4, -0.2) is 35.0 Å². The Hall–Kier alpha value is -1.84. The Morgan fingerprint density at radius 2 is 1.70 bits per heavy atom. The van der Waals surface area contributed by atoms with Crippen LogP contribution >= 0.6 is 0 Å². The molecule has 4 nitrogen and oxygen atoms in total. The van der Waals surface area contributed by atoms with Crippen LogP contribution in [0.4, 0.5) is 0 Å². The highest BCUT2D eigenvalue weighted by Crippen LogP contribution is 2.26. The quantitative estimate of drug-likeness (QED) is 0.901. The minimum atomic E-state index is -0.815. The predicted octanol–water partition coefficient (Wildman–Crippen LogP) is 2.40. The largest absolute Gasteiger partial charge is 0.481 e. The van der Waals surface area contributed by atoms with Gasteiger partial charge in [-0.05, 0) is 37.8 Å². The first-order chi connectivity index (χ1) is 9.31. The number of carboxylic acids is 1. The number of amides is 1. The first-order valence-electron chi connectivity index (χ1n) is 6.91. The second kappa shape index (κ2) is 5.27. The van der Waals surface area contributed by atoms with E-state index in [1.807, 2.05) is 39.8 Å². The molecule has 1 amide bonds. The molecule has 0 aromatic heterocycles. The van der Waals surface area contributed by atoms with E-state index >= 15 is 0 Å². The molecule has 1 aromatic carbocycles. The van der Waals surface area contributed by atoms with Crippen LogP contribution in [0, 0.1) is 32.6 Å². The minimum absolute atomic E-state index is 0.00232. The van der Waals surface area contributed by atoms with Crippen molar-refractivity contribution in [1.82, 2.24) is 4.90 Å². The topological polar surface area (TPSA) is 57.6 Å². The third-order valence-corrected chi connectivity index (χ3v) is 4.11. The lowest BCUT2D eigenvalue weighted by Gasteiger charge is -2.19. The lowest BCUT2D eigenvalue weighted by atomic mass is 9.99. The van der Waals surface area contributed by atoms with Crippen molar-refractivity contribution in [3.05, 3.63) is 34.4 Å². The highest BCUT2D eigenvalue weighted by Gasteiger charge is 2.37. The highest BCUT2D eigenvalue weighted by atomic mass is 16.4. The van der Waals surface area contributed by atoms with Crippen molar-refractivity contribution in [2.75, 3.05) is 13.1 Å². The molecule has 2 unspecified atom stereocenters. The molecule has 0 spiro atoms. The first kappa shape index (κ1) is 14.6. The third-order valence-electron chi connectivity index (χ3n) is 4.11. The molecule has 0 saturated carbocycles. The van der Waals surface area contributed by atoms with Crippen LogP contribution in [0.5, 0.6) is 0 Å². The number of hydrogen-bond donors (Lipinski definition) is 1.